The van der Waals surface area contributed by atoms with E-state index in [2.05, 4.69) is 16.0 Å². The Labute approximate surface area is 157 Å². The smallest absolute Gasteiger partial charge is 0.243 e. The van der Waals surface area contributed by atoms with E-state index in [1.807, 2.05) is 0 Å². The van der Waals surface area contributed by atoms with Gasteiger partial charge >= 0.3 is 0 Å². The third-order valence-electron chi connectivity index (χ3n) is 3.33. The highest BCUT2D eigenvalue weighted by atomic mass is 35.5. The lowest BCUT2D eigenvalue weighted by Gasteiger charge is -2.11. The van der Waals surface area contributed by atoms with Gasteiger partial charge in [0.15, 0.2) is 0 Å². The van der Waals surface area contributed by atoms with Gasteiger partial charge < -0.3 is 20.7 Å². The van der Waals surface area contributed by atoms with Crippen LogP contribution in [0.5, 0.6) is 0 Å². The van der Waals surface area contributed by atoms with Crippen LogP contribution in [0.3, 0.4) is 0 Å². The quantitative estimate of drug-likeness (QED) is 0.660. The molecule has 1 aromatic rings. The molecule has 0 bridgehead atoms. The number of benzene rings is 1. The van der Waals surface area contributed by atoms with Crippen LogP contribution >= 0.6 is 35.6 Å². The first-order valence-corrected chi connectivity index (χ1v) is 8.14. The van der Waals surface area contributed by atoms with Crippen LogP contribution in [-0.4, -0.2) is 44.2 Å². The Bertz CT molecular complexity index is 566. The maximum atomic E-state index is 11.8. The highest BCUT2D eigenvalue weighted by Crippen LogP contribution is 2.25. The number of nitrogens with one attached hydrogen (secondary N) is 3. The molecule has 0 saturated carbocycles. The molecule has 24 heavy (non-hydrogen) atoms. The first-order chi connectivity index (χ1) is 11.0. The molecule has 1 saturated heterocycles. The Morgan fingerprint density at radius 1 is 1.21 bits per heavy atom. The van der Waals surface area contributed by atoms with Crippen LogP contribution in [0, 0.1) is 0 Å². The van der Waals surface area contributed by atoms with Crippen molar-refractivity contribution >= 4 is 53.1 Å². The van der Waals surface area contributed by atoms with Crippen molar-refractivity contribution in [1.82, 2.24) is 10.6 Å². The third-order valence-corrected chi connectivity index (χ3v) is 3.89. The van der Waals surface area contributed by atoms with Crippen molar-refractivity contribution < 1.29 is 14.3 Å². The number of halogens is 3. The van der Waals surface area contributed by atoms with E-state index in [0.29, 0.717) is 22.3 Å². The average molecular weight is 397 g/mol. The van der Waals surface area contributed by atoms with Gasteiger partial charge in [0.25, 0.3) is 0 Å². The summed E-state index contributed by atoms with van der Waals surface area (Å²) in [6.07, 6.45) is 2.25. The van der Waals surface area contributed by atoms with Crippen molar-refractivity contribution in [3.05, 3.63) is 28.2 Å². The van der Waals surface area contributed by atoms with E-state index in [9.17, 15) is 9.59 Å². The molecule has 2 rings (SSSR count). The summed E-state index contributed by atoms with van der Waals surface area (Å²) in [4.78, 5) is 23.4. The number of rotatable bonds is 7. The SMILES string of the molecule is Cl.O=C(CNCC1CCCO1)NCC(=O)Nc1cc(Cl)ccc1Cl. The second-order valence-corrected chi connectivity index (χ2v) is 6.06. The van der Waals surface area contributed by atoms with Gasteiger partial charge in [-0.3, -0.25) is 9.59 Å². The zero-order valence-electron chi connectivity index (χ0n) is 12.9. The minimum Gasteiger partial charge on any atom is -0.377 e. The fourth-order valence-electron chi connectivity index (χ4n) is 2.18. The van der Waals surface area contributed by atoms with Gasteiger partial charge in [0.05, 0.1) is 29.9 Å². The molecule has 1 aliphatic rings. The van der Waals surface area contributed by atoms with Gasteiger partial charge in [-0.2, -0.15) is 0 Å². The van der Waals surface area contributed by atoms with E-state index >= 15 is 0 Å². The molecule has 2 amide bonds. The average Bonchev–Trinajstić information content (AvgIpc) is 3.02. The molecule has 1 atom stereocenters. The van der Waals surface area contributed by atoms with Crippen molar-refractivity contribution in [1.29, 1.82) is 0 Å². The van der Waals surface area contributed by atoms with Gasteiger partial charge in [0, 0.05) is 18.2 Å². The lowest BCUT2D eigenvalue weighted by atomic mass is 10.2. The van der Waals surface area contributed by atoms with E-state index in [1.54, 1.807) is 18.2 Å². The summed E-state index contributed by atoms with van der Waals surface area (Å²) in [7, 11) is 0. The number of hydrogen-bond acceptors (Lipinski definition) is 4. The standard InChI is InChI=1S/C15H19Cl2N3O3.ClH/c16-10-3-4-12(17)13(6-10)20-15(22)9-19-14(21)8-18-7-11-2-1-5-23-11;/h3-4,6,11,18H,1-2,5,7-9H2,(H,19,21)(H,20,22);1H. The Morgan fingerprint density at radius 3 is 2.71 bits per heavy atom. The first-order valence-electron chi connectivity index (χ1n) is 7.38. The predicted molar refractivity (Wildman–Crippen MR) is 97.2 cm³/mol. The minimum atomic E-state index is -0.373. The summed E-state index contributed by atoms with van der Waals surface area (Å²) >= 11 is 11.8. The minimum absolute atomic E-state index is 0. The van der Waals surface area contributed by atoms with E-state index in [4.69, 9.17) is 27.9 Å². The normalized spacial score (nSPS) is 16.3. The Hall–Kier alpha value is -1.05. The molecule has 6 nitrogen and oxygen atoms in total. The van der Waals surface area contributed by atoms with Gasteiger partial charge in [-0.05, 0) is 31.0 Å². The molecular formula is C15H20Cl3N3O3. The summed E-state index contributed by atoms with van der Waals surface area (Å²) in [6.45, 7) is 1.43. The maximum Gasteiger partial charge on any atom is 0.243 e. The van der Waals surface area contributed by atoms with Crippen LogP contribution in [0.2, 0.25) is 10.0 Å². The molecular weight excluding hydrogens is 377 g/mol. The van der Waals surface area contributed by atoms with Gasteiger partial charge in [0.2, 0.25) is 11.8 Å². The van der Waals surface area contributed by atoms with Gasteiger partial charge in [0.1, 0.15) is 0 Å². The summed E-state index contributed by atoms with van der Waals surface area (Å²) in [5, 5.41) is 8.99. The number of hydrogen-bond donors (Lipinski definition) is 3. The molecule has 1 fully saturated rings. The number of ether oxygens (including phenoxy) is 1. The Kier molecular flexibility index (Phi) is 9.39. The number of carbonyl (C=O) groups is 2. The van der Waals surface area contributed by atoms with Gasteiger partial charge in [-0.1, -0.05) is 23.2 Å². The van der Waals surface area contributed by atoms with Crippen LogP contribution in [0.25, 0.3) is 0 Å². The van der Waals surface area contributed by atoms with Crippen molar-refractivity contribution in [2.45, 2.75) is 18.9 Å². The van der Waals surface area contributed by atoms with E-state index in [1.165, 1.54) is 0 Å². The first kappa shape index (κ1) is 21.0. The van der Waals surface area contributed by atoms with Crippen molar-refractivity contribution in [2.24, 2.45) is 0 Å². The van der Waals surface area contributed by atoms with E-state index < -0.39 is 0 Å². The largest absolute Gasteiger partial charge is 0.377 e. The highest BCUT2D eigenvalue weighted by molar-refractivity contribution is 6.35. The molecule has 0 aliphatic carbocycles. The molecule has 0 radical (unpaired) electrons. The lowest BCUT2D eigenvalue weighted by molar-refractivity contribution is -0.123. The molecule has 1 aromatic carbocycles. The summed E-state index contributed by atoms with van der Waals surface area (Å²) in [6, 6.07) is 4.76. The topological polar surface area (TPSA) is 79.5 Å². The van der Waals surface area contributed by atoms with Crippen molar-refractivity contribution in [2.75, 3.05) is 31.6 Å². The van der Waals surface area contributed by atoms with Crippen LogP contribution in [0.1, 0.15) is 12.8 Å². The van der Waals surface area contributed by atoms with Crippen molar-refractivity contribution in [3.63, 3.8) is 0 Å². The fourth-order valence-corrected chi connectivity index (χ4v) is 2.52. The van der Waals surface area contributed by atoms with Crippen LogP contribution in [-0.2, 0) is 14.3 Å². The molecule has 0 aromatic heterocycles. The zero-order valence-corrected chi connectivity index (χ0v) is 15.3. The highest BCUT2D eigenvalue weighted by Gasteiger charge is 2.15. The lowest BCUT2D eigenvalue weighted by Crippen LogP contribution is -2.40. The summed E-state index contributed by atoms with van der Waals surface area (Å²) in [5.74, 6) is -0.628. The van der Waals surface area contributed by atoms with E-state index in [0.717, 1.165) is 19.4 Å². The molecule has 134 valence electrons. The van der Waals surface area contributed by atoms with E-state index in [-0.39, 0.29) is 43.4 Å². The molecule has 1 heterocycles. The number of anilines is 1. The third kappa shape index (κ3) is 7.23. The van der Waals surface area contributed by atoms with Crippen LogP contribution in [0.4, 0.5) is 5.69 Å². The zero-order chi connectivity index (χ0) is 16.7. The van der Waals surface area contributed by atoms with Crippen molar-refractivity contribution in [3.8, 4) is 0 Å². The van der Waals surface area contributed by atoms with Crippen LogP contribution in [0.15, 0.2) is 18.2 Å². The fraction of sp³-hybridized carbons (Fsp3) is 0.467. The Morgan fingerprint density at radius 2 is 2.00 bits per heavy atom. The number of carbonyl (C=O) groups excluding carboxylic acids is 2. The molecule has 1 unspecified atom stereocenters. The van der Waals surface area contributed by atoms with Gasteiger partial charge in [-0.15, -0.1) is 12.4 Å². The second kappa shape index (κ2) is 10.7. The number of amides is 2. The molecule has 0 spiro atoms. The van der Waals surface area contributed by atoms with Crippen LogP contribution < -0.4 is 16.0 Å². The van der Waals surface area contributed by atoms with Gasteiger partial charge in [-0.25, -0.2) is 0 Å². The summed E-state index contributed by atoms with van der Waals surface area (Å²) in [5.41, 5.74) is 0.412. The molecule has 9 heteroatoms. The predicted octanol–water partition coefficient (Wildman–Crippen LogP) is 2.24. The Balaban J connectivity index is 0.00000288. The molecule has 3 N–H and O–H groups in total. The molecule has 1 aliphatic heterocycles. The second-order valence-electron chi connectivity index (χ2n) is 5.22. The monoisotopic (exact) mass is 395 g/mol. The summed E-state index contributed by atoms with van der Waals surface area (Å²) < 4.78 is 5.44. The maximum absolute atomic E-state index is 11.8.